The predicted molar refractivity (Wildman–Crippen MR) is 86.4 cm³/mol. The zero-order chi connectivity index (χ0) is 16.5. The van der Waals surface area contributed by atoms with Crippen molar-refractivity contribution < 1.29 is 21.8 Å². The molecule has 1 aliphatic heterocycles. The van der Waals surface area contributed by atoms with Crippen molar-refractivity contribution >= 4 is 18.4 Å². The van der Waals surface area contributed by atoms with Crippen LogP contribution in [0.4, 0.5) is 0 Å². The van der Waals surface area contributed by atoms with Crippen molar-refractivity contribution in [3.8, 4) is 0 Å². The van der Waals surface area contributed by atoms with Crippen LogP contribution < -0.4 is 0 Å². The van der Waals surface area contributed by atoms with Crippen molar-refractivity contribution in [2.75, 3.05) is 12.9 Å². The Morgan fingerprint density at radius 2 is 1.86 bits per heavy atom. The molecule has 0 spiro atoms. The highest BCUT2D eigenvalue weighted by Crippen LogP contribution is 2.39. The van der Waals surface area contributed by atoms with Crippen molar-refractivity contribution in [1.29, 1.82) is 0 Å². The molecule has 0 aliphatic carbocycles. The van der Waals surface area contributed by atoms with Crippen LogP contribution in [0.2, 0.25) is 18.1 Å². The Labute approximate surface area is 130 Å². The van der Waals surface area contributed by atoms with E-state index in [0.717, 1.165) is 19.1 Å². The van der Waals surface area contributed by atoms with Gasteiger partial charge in [-0.1, -0.05) is 20.8 Å². The highest BCUT2D eigenvalue weighted by molar-refractivity contribution is 7.86. The highest BCUT2D eigenvalue weighted by Gasteiger charge is 2.43. The second-order valence-electron chi connectivity index (χ2n) is 7.40. The predicted octanol–water partition coefficient (Wildman–Crippen LogP) is 2.92. The largest absolute Gasteiger partial charge is 0.411 e. The SMILES string of the molecule is C[C@@H](OS(C)(=O)=O)[C@H]1OCCC[C@@H]1O[Si](C)(C)C(C)(C)C. The van der Waals surface area contributed by atoms with Gasteiger partial charge in [0.1, 0.15) is 12.2 Å². The summed E-state index contributed by atoms with van der Waals surface area (Å²) in [6, 6.07) is 0. The van der Waals surface area contributed by atoms with Crippen LogP contribution >= 0.6 is 0 Å². The molecule has 1 fully saturated rings. The zero-order valence-electron chi connectivity index (χ0n) is 14.3. The Morgan fingerprint density at radius 3 is 2.33 bits per heavy atom. The van der Waals surface area contributed by atoms with Crippen LogP contribution in [0.5, 0.6) is 0 Å². The molecular formula is C14H30O5SSi. The molecule has 1 heterocycles. The molecule has 5 nitrogen and oxygen atoms in total. The molecule has 21 heavy (non-hydrogen) atoms. The quantitative estimate of drug-likeness (QED) is 0.570. The van der Waals surface area contributed by atoms with E-state index >= 15 is 0 Å². The average Bonchev–Trinajstić information content (AvgIpc) is 2.25. The second-order valence-corrected chi connectivity index (χ2v) is 13.8. The Bertz CT molecular complexity index is 441. The monoisotopic (exact) mass is 338 g/mol. The van der Waals surface area contributed by atoms with Gasteiger partial charge in [-0.2, -0.15) is 8.42 Å². The van der Waals surface area contributed by atoms with E-state index in [2.05, 4.69) is 33.9 Å². The van der Waals surface area contributed by atoms with Crippen molar-refractivity contribution in [3.05, 3.63) is 0 Å². The van der Waals surface area contributed by atoms with E-state index in [9.17, 15) is 8.42 Å². The summed E-state index contributed by atoms with van der Waals surface area (Å²) < 4.78 is 39.9. The first kappa shape index (κ1) is 19.1. The van der Waals surface area contributed by atoms with Gasteiger partial charge in [0.25, 0.3) is 10.1 Å². The van der Waals surface area contributed by atoms with Crippen LogP contribution in [-0.4, -0.2) is 47.9 Å². The van der Waals surface area contributed by atoms with Gasteiger partial charge in [-0.05, 0) is 37.9 Å². The minimum Gasteiger partial charge on any atom is -0.411 e. The van der Waals surface area contributed by atoms with E-state index in [1.807, 2.05) is 0 Å². The van der Waals surface area contributed by atoms with E-state index in [1.54, 1.807) is 6.92 Å². The average molecular weight is 339 g/mol. The molecule has 0 amide bonds. The Morgan fingerprint density at radius 1 is 1.29 bits per heavy atom. The van der Waals surface area contributed by atoms with Gasteiger partial charge in [0.2, 0.25) is 0 Å². The van der Waals surface area contributed by atoms with Gasteiger partial charge in [-0.15, -0.1) is 0 Å². The van der Waals surface area contributed by atoms with Gasteiger partial charge in [0.15, 0.2) is 8.32 Å². The van der Waals surface area contributed by atoms with Crippen molar-refractivity contribution in [2.45, 2.75) is 77.0 Å². The molecule has 0 aromatic heterocycles. The molecule has 3 atom stereocenters. The zero-order valence-corrected chi connectivity index (χ0v) is 16.1. The first-order chi connectivity index (χ1) is 9.33. The van der Waals surface area contributed by atoms with Crippen molar-refractivity contribution in [1.82, 2.24) is 0 Å². The van der Waals surface area contributed by atoms with E-state index in [1.165, 1.54) is 0 Å². The van der Waals surface area contributed by atoms with Crippen LogP contribution in [0, 0.1) is 0 Å². The molecule has 1 saturated heterocycles. The lowest BCUT2D eigenvalue weighted by Crippen LogP contribution is -2.52. The van der Waals surface area contributed by atoms with Crippen LogP contribution in [0.25, 0.3) is 0 Å². The smallest absolute Gasteiger partial charge is 0.264 e. The number of ether oxygens (including phenoxy) is 1. The van der Waals surface area contributed by atoms with E-state index in [-0.39, 0.29) is 17.2 Å². The molecule has 0 bridgehead atoms. The van der Waals surface area contributed by atoms with Gasteiger partial charge in [0, 0.05) is 6.61 Å². The molecule has 0 aromatic carbocycles. The van der Waals surface area contributed by atoms with Crippen molar-refractivity contribution in [3.63, 3.8) is 0 Å². The summed E-state index contributed by atoms with van der Waals surface area (Å²) in [5.41, 5.74) is 0. The molecule has 0 saturated carbocycles. The summed E-state index contributed by atoms with van der Waals surface area (Å²) in [5.74, 6) is 0. The topological polar surface area (TPSA) is 61.8 Å². The molecule has 0 N–H and O–H groups in total. The van der Waals surface area contributed by atoms with Crippen LogP contribution in [0.3, 0.4) is 0 Å². The second kappa shape index (κ2) is 6.66. The first-order valence-electron chi connectivity index (χ1n) is 7.51. The molecule has 126 valence electrons. The number of hydrogen-bond donors (Lipinski definition) is 0. The maximum Gasteiger partial charge on any atom is 0.264 e. The minimum absolute atomic E-state index is 0.101. The lowest BCUT2D eigenvalue weighted by atomic mass is 10.0. The minimum atomic E-state index is -3.49. The van der Waals surface area contributed by atoms with Gasteiger partial charge in [-0.3, -0.25) is 4.18 Å². The molecule has 0 unspecified atom stereocenters. The summed E-state index contributed by atoms with van der Waals surface area (Å²) in [6.07, 6.45) is 1.92. The fourth-order valence-electron chi connectivity index (χ4n) is 2.22. The lowest BCUT2D eigenvalue weighted by molar-refractivity contribution is -0.108. The molecule has 7 heteroatoms. The van der Waals surface area contributed by atoms with E-state index in [0.29, 0.717) is 6.61 Å². The van der Waals surface area contributed by atoms with Gasteiger partial charge >= 0.3 is 0 Å². The lowest BCUT2D eigenvalue weighted by Gasteiger charge is -2.43. The molecule has 1 rings (SSSR count). The third-order valence-electron chi connectivity index (χ3n) is 4.35. The maximum atomic E-state index is 11.3. The fraction of sp³-hybridized carbons (Fsp3) is 1.00. The molecular weight excluding hydrogens is 308 g/mol. The molecule has 0 radical (unpaired) electrons. The third-order valence-corrected chi connectivity index (χ3v) is 9.51. The third kappa shape index (κ3) is 5.63. The normalized spacial score (nSPS) is 26.6. The summed E-state index contributed by atoms with van der Waals surface area (Å²) in [4.78, 5) is 0. The van der Waals surface area contributed by atoms with E-state index in [4.69, 9.17) is 13.3 Å². The molecule has 0 aromatic rings. The van der Waals surface area contributed by atoms with Crippen molar-refractivity contribution in [2.24, 2.45) is 0 Å². The Kier molecular flexibility index (Phi) is 6.06. The standard InChI is InChI=1S/C14H30O5SSi/c1-11(18-20(5,15)16)13-12(9-8-10-17-13)19-21(6,7)14(2,3)4/h11-13H,8-10H2,1-7H3/t11-,12+,13-/m1/s1. The fourth-order valence-corrected chi connectivity index (χ4v) is 4.25. The summed E-state index contributed by atoms with van der Waals surface area (Å²) in [5, 5.41) is 0.107. The number of hydrogen-bond acceptors (Lipinski definition) is 5. The maximum absolute atomic E-state index is 11.3. The van der Waals surface area contributed by atoms with Crippen LogP contribution in [0.15, 0.2) is 0 Å². The Balaban J connectivity index is 2.83. The van der Waals surface area contributed by atoms with Crippen LogP contribution in [0.1, 0.15) is 40.5 Å². The van der Waals surface area contributed by atoms with Gasteiger partial charge in [0.05, 0.1) is 12.4 Å². The van der Waals surface area contributed by atoms with Gasteiger partial charge in [-0.25, -0.2) is 0 Å². The summed E-state index contributed by atoms with van der Waals surface area (Å²) >= 11 is 0. The number of rotatable bonds is 5. The first-order valence-corrected chi connectivity index (χ1v) is 12.2. The Hall–Kier alpha value is 0.0469. The summed E-state index contributed by atoms with van der Waals surface area (Å²) in [7, 11) is -5.42. The molecule has 1 aliphatic rings. The van der Waals surface area contributed by atoms with E-state index < -0.39 is 24.5 Å². The van der Waals surface area contributed by atoms with Gasteiger partial charge < -0.3 is 9.16 Å². The highest BCUT2D eigenvalue weighted by atomic mass is 32.2. The van der Waals surface area contributed by atoms with Crippen LogP contribution in [-0.2, 0) is 23.5 Å². The summed E-state index contributed by atoms with van der Waals surface area (Å²) in [6.45, 7) is 13.3.